The summed E-state index contributed by atoms with van der Waals surface area (Å²) in [5, 5.41) is 12.4. The molecule has 1 unspecified atom stereocenters. The lowest BCUT2D eigenvalue weighted by atomic mass is 9.87. The molecule has 1 atom stereocenters. The maximum Gasteiger partial charge on any atom is 0.327 e. The maximum absolute atomic E-state index is 11.3. The molecule has 1 heterocycles. The van der Waals surface area contributed by atoms with Gasteiger partial charge in [0.25, 0.3) is 0 Å². The summed E-state index contributed by atoms with van der Waals surface area (Å²) >= 11 is 0. The van der Waals surface area contributed by atoms with E-state index in [2.05, 4.69) is 38.2 Å². The maximum atomic E-state index is 11.3. The van der Waals surface area contributed by atoms with Gasteiger partial charge in [-0.05, 0) is 23.1 Å². The number of carboxylic acids is 1. The summed E-state index contributed by atoms with van der Waals surface area (Å²) in [6.07, 6.45) is 0. The Morgan fingerprint density at radius 2 is 1.95 bits per heavy atom. The predicted molar refractivity (Wildman–Crippen MR) is 76.8 cm³/mol. The molecular formula is C15H22N2O2. The lowest BCUT2D eigenvalue weighted by Gasteiger charge is -2.35. The van der Waals surface area contributed by atoms with Crippen LogP contribution in [0.15, 0.2) is 24.3 Å². The van der Waals surface area contributed by atoms with Crippen molar-refractivity contribution in [3.63, 3.8) is 0 Å². The topological polar surface area (TPSA) is 52.6 Å². The van der Waals surface area contributed by atoms with Crippen LogP contribution in [0.1, 0.15) is 26.3 Å². The minimum absolute atomic E-state index is 0.119. The van der Waals surface area contributed by atoms with E-state index in [1.807, 2.05) is 17.0 Å². The van der Waals surface area contributed by atoms with Crippen LogP contribution in [0.4, 0.5) is 5.69 Å². The summed E-state index contributed by atoms with van der Waals surface area (Å²) in [6.45, 7) is 8.57. The van der Waals surface area contributed by atoms with Gasteiger partial charge in [-0.2, -0.15) is 0 Å². The fraction of sp³-hybridized carbons (Fsp3) is 0.533. The Morgan fingerprint density at radius 3 is 2.47 bits per heavy atom. The standard InChI is InChI=1S/C15H22N2O2/c1-15(2,3)11-4-6-12(7-5-11)17-9-8-16-10-13(17)14(18)19/h4-7,13,16H,8-10H2,1-3H3,(H,18,19). The number of piperazine rings is 1. The SMILES string of the molecule is CC(C)(C)c1ccc(N2CCNCC2C(=O)O)cc1. The molecule has 2 rings (SSSR count). The minimum Gasteiger partial charge on any atom is -0.480 e. The van der Waals surface area contributed by atoms with Crippen molar-refractivity contribution < 1.29 is 9.90 Å². The van der Waals surface area contributed by atoms with Crippen molar-refractivity contribution in [2.24, 2.45) is 0 Å². The third-order valence-corrected chi connectivity index (χ3v) is 3.59. The van der Waals surface area contributed by atoms with Gasteiger partial charge in [0, 0.05) is 25.3 Å². The summed E-state index contributed by atoms with van der Waals surface area (Å²) < 4.78 is 0. The molecule has 1 aliphatic rings. The predicted octanol–water partition coefficient (Wildman–Crippen LogP) is 1.85. The van der Waals surface area contributed by atoms with Crippen molar-refractivity contribution >= 4 is 11.7 Å². The van der Waals surface area contributed by atoms with Crippen LogP contribution >= 0.6 is 0 Å². The van der Waals surface area contributed by atoms with Gasteiger partial charge >= 0.3 is 5.97 Å². The molecule has 19 heavy (non-hydrogen) atoms. The number of anilines is 1. The Morgan fingerprint density at radius 1 is 1.32 bits per heavy atom. The molecule has 0 amide bonds. The Hall–Kier alpha value is -1.55. The number of hydrogen-bond donors (Lipinski definition) is 2. The second-order valence-corrected chi connectivity index (χ2v) is 6.05. The van der Waals surface area contributed by atoms with E-state index in [0.29, 0.717) is 6.54 Å². The average molecular weight is 262 g/mol. The first-order chi connectivity index (χ1) is 8.89. The molecule has 0 aliphatic carbocycles. The zero-order chi connectivity index (χ0) is 14.0. The lowest BCUT2D eigenvalue weighted by molar-refractivity contribution is -0.138. The Kier molecular flexibility index (Phi) is 3.80. The number of nitrogens with zero attached hydrogens (tertiary/aromatic N) is 1. The Balaban J connectivity index is 2.23. The summed E-state index contributed by atoms with van der Waals surface area (Å²) in [6, 6.07) is 7.77. The van der Waals surface area contributed by atoms with E-state index in [1.54, 1.807) is 0 Å². The second kappa shape index (κ2) is 5.21. The van der Waals surface area contributed by atoms with Gasteiger partial charge in [-0.25, -0.2) is 4.79 Å². The molecule has 0 bridgehead atoms. The number of rotatable bonds is 2. The van der Waals surface area contributed by atoms with E-state index in [0.717, 1.165) is 18.8 Å². The molecule has 104 valence electrons. The van der Waals surface area contributed by atoms with E-state index >= 15 is 0 Å². The van der Waals surface area contributed by atoms with Crippen molar-refractivity contribution in [2.75, 3.05) is 24.5 Å². The van der Waals surface area contributed by atoms with E-state index in [4.69, 9.17) is 0 Å². The van der Waals surface area contributed by atoms with Crippen LogP contribution in [-0.2, 0) is 10.2 Å². The van der Waals surface area contributed by atoms with Gasteiger partial charge in [-0.15, -0.1) is 0 Å². The first kappa shape index (κ1) is 13.9. The molecule has 0 saturated carbocycles. The zero-order valence-electron chi connectivity index (χ0n) is 11.8. The smallest absolute Gasteiger partial charge is 0.327 e. The number of aliphatic carboxylic acids is 1. The van der Waals surface area contributed by atoms with Crippen LogP contribution in [0.25, 0.3) is 0 Å². The van der Waals surface area contributed by atoms with Gasteiger partial charge < -0.3 is 15.3 Å². The molecule has 4 nitrogen and oxygen atoms in total. The van der Waals surface area contributed by atoms with Gasteiger partial charge in [-0.3, -0.25) is 0 Å². The molecule has 2 N–H and O–H groups in total. The van der Waals surface area contributed by atoms with E-state index in [-0.39, 0.29) is 5.41 Å². The van der Waals surface area contributed by atoms with Crippen LogP contribution in [-0.4, -0.2) is 36.8 Å². The van der Waals surface area contributed by atoms with Gasteiger partial charge in [0.15, 0.2) is 0 Å². The Bertz CT molecular complexity index is 448. The zero-order valence-corrected chi connectivity index (χ0v) is 11.8. The molecule has 0 aromatic heterocycles. The number of benzene rings is 1. The average Bonchev–Trinajstić information content (AvgIpc) is 2.38. The largest absolute Gasteiger partial charge is 0.480 e. The highest BCUT2D eigenvalue weighted by Crippen LogP contribution is 2.26. The van der Waals surface area contributed by atoms with E-state index in [9.17, 15) is 9.90 Å². The van der Waals surface area contributed by atoms with Crippen molar-refractivity contribution in [3.05, 3.63) is 29.8 Å². The summed E-state index contributed by atoms with van der Waals surface area (Å²) in [4.78, 5) is 13.2. The van der Waals surface area contributed by atoms with Crippen LogP contribution in [0.3, 0.4) is 0 Å². The summed E-state index contributed by atoms with van der Waals surface area (Å²) in [5.74, 6) is -0.771. The summed E-state index contributed by atoms with van der Waals surface area (Å²) in [7, 11) is 0. The van der Waals surface area contributed by atoms with Gasteiger partial charge in [0.05, 0.1) is 0 Å². The van der Waals surface area contributed by atoms with Gasteiger partial charge in [0.1, 0.15) is 6.04 Å². The first-order valence-corrected chi connectivity index (χ1v) is 6.70. The minimum atomic E-state index is -0.771. The molecule has 0 spiro atoms. The van der Waals surface area contributed by atoms with Crippen LogP contribution in [0, 0.1) is 0 Å². The summed E-state index contributed by atoms with van der Waals surface area (Å²) in [5.41, 5.74) is 2.37. The van der Waals surface area contributed by atoms with Gasteiger partial charge in [-0.1, -0.05) is 32.9 Å². The molecule has 0 radical (unpaired) electrons. The highest BCUT2D eigenvalue weighted by Gasteiger charge is 2.28. The van der Waals surface area contributed by atoms with Gasteiger partial charge in [0.2, 0.25) is 0 Å². The third-order valence-electron chi connectivity index (χ3n) is 3.59. The molecule has 1 fully saturated rings. The third kappa shape index (κ3) is 3.07. The fourth-order valence-corrected chi connectivity index (χ4v) is 2.39. The van der Waals surface area contributed by atoms with Crippen LogP contribution < -0.4 is 10.2 Å². The van der Waals surface area contributed by atoms with Crippen molar-refractivity contribution in [3.8, 4) is 0 Å². The molecular weight excluding hydrogens is 240 g/mol. The molecule has 4 heteroatoms. The van der Waals surface area contributed by atoms with E-state index in [1.165, 1.54) is 5.56 Å². The second-order valence-electron chi connectivity index (χ2n) is 6.05. The lowest BCUT2D eigenvalue weighted by Crippen LogP contribution is -2.55. The van der Waals surface area contributed by atoms with Crippen molar-refractivity contribution in [2.45, 2.75) is 32.2 Å². The number of carbonyl (C=O) groups is 1. The molecule has 1 saturated heterocycles. The highest BCUT2D eigenvalue weighted by atomic mass is 16.4. The fourth-order valence-electron chi connectivity index (χ4n) is 2.39. The van der Waals surface area contributed by atoms with E-state index < -0.39 is 12.0 Å². The normalized spacial score (nSPS) is 20.4. The molecule has 1 aromatic carbocycles. The monoisotopic (exact) mass is 262 g/mol. The first-order valence-electron chi connectivity index (χ1n) is 6.70. The number of carboxylic acid groups (broad SMARTS) is 1. The highest BCUT2D eigenvalue weighted by molar-refractivity contribution is 5.79. The van der Waals surface area contributed by atoms with Crippen LogP contribution in [0.2, 0.25) is 0 Å². The molecule has 1 aliphatic heterocycles. The quantitative estimate of drug-likeness (QED) is 0.854. The van der Waals surface area contributed by atoms with Crippen LogP contribution in [0.5, 0.6) is 0 Å². The van der Waals surface area contributed by atoms with Crippen molar-refractivity contribution in [1.29, 1.82) is 0 Å². The number of nitrogens with one attached hydrogen (secondary N) is 1. The Labute approximate surface area is 114 Å². The number of hydrogen-bond acceptors (Lipinski definition) is 3. The van der Waals surface area contributed by atoms with Crippen molar-refractivity contribution in [1.82, 2.24) is 5.32 Å². The molecule has 1 aromatic rings.